The van der Waals surface area contributed by atoms with Crippen molar-refractivity contribution in [1.82, 2.24) is 24.1 Å². The van der Waals surface area contributed by atoms with Crippen LogP contribution in [0.4, 0.5) is 0 Å². The van der Waals surface area contributed by atoms with Crippen LogP contribution < -0.4 is 0 Å². The number of imidazole rings is 1. The molecule has 130 valence electrons. The Hall–Kier alpha value is -3.73. The molecule has 0 aliphatic carbocycles. The van der Waals surface area contributed by atoms with Gasteiger partial charge < -0.3 is 0 Å². The van der Waals surface area contributed by atoms with Crippen LogP contribution in [0.1, 0.15) is 5.69 Å². The lowest BCUT2D eigenvalue weighted by Gasteiger charge is -2.07. The van der Waals surface area contributed by atoms with Crippen LogP contribution in [0, 0.1) is 6.92 Å². The first-order chi connectivity index (χ1) is 13.3. The summed E-state index contributed by atoms with van der Waals surface area (Å²) < 4.78 is 3.96. The van der Waals surface area contributed by atoms with E-state index in [1.807, 2.05) is 54.5 Å². The Balaban J connectivity index is 1.57. The van der Waals surface area contributed by atoms with E-state index in [4.69, 9.17) is 0 Å². The van der Waals surface area contributed by atoms with E-state index < -0.39 is 0 Å². The predicted molar refractivity (Wildman–Crippen MR) is 106 cm³/mol. The molecule has 27 heavy (non-hydrogen) atoms. The Morgan fingerprint density at radius 1 is 0.778 bits per heavy atom. The highest BCUT2D eigenvalue weighted by molar-refractivity contribution is 5.71. The third-order valence-electron chi connectivity index (χ3n) is 4.67. The number of aromatic nitrogens is 5. The van der Waals surface area contributed by atoms with Gasteiger partial charge in [0.2, 0.25) is 0 Å². The number of fused-ring (bicyclic) bond motifs is 1. The third-order valence-corrected chi connectivity index (χ3v) is 4.67. The molecule has 5 rings (SSSR count). The van der Waals surface area contributed by atoms with Gasteiger partial charge in [0.1, 0.15) is 5.65 Å². The van der Waals surface area contributed by atoms with Crippen LogP contribution in [-0.4, -0.2) is 24.1 Å². The van der Waals surface area contributed by atoms with Gasteiger partial charge in [0.15, 0.2) is 0 Å². The number of rotatable bonds is 3. The van der Waals surface area contributed by atoms with Crippen LogP contribution in [0.3, 0.4) is 0 Å². The van der Waals surface area contributed by atoms with Gasteiger partial charge in [0.05, 0.1) is 17.6 Å². The SMILES string of the molecule is Cc1ccc(-c2ccn3c(-c4cccc(-n5cccn5)c4)cnc3c2)cn1. The van der Waals surface area contributed by atoms with Gasteiger partial charge in [-0.3, -0.25) is 9.38 Å². The average molecular weight is 351 g/mol. The van der Waals surface area contributed by atoms with Crippen LogP contribution in [-0.2, 0) is 0 Å². The number of pyridine rings is 2. The fraction of sp³-hybridized carbons (Fsp3) is 0.0455. The zero-order valence-electron chi connectivity index (χ0n) is 14.8. The smallest absolute Gasteiger partial charge is 0.137 e. The third kappa shape index (κ3) is 2.79. The summed E-state index contributed by atoms with van der Waals surface area (Å²) in [5, 5.41) is 4.31. The topological polar surface area (TPSA) is 48.0 Å². The average Bonchev–Trinajstić information content (AvgIpc) is 3.38. The molecular weight excluding hydrogens is 334 g/mol. The van der Waals surface area contributed by atoms with Crippen molar-refractivity contribution < 1.29 is 0 Å². The molecule has 0 bridgehead atoms. The minimum absolute atomic E-state index is 0.910. The van der Waals surface area contributed by atoms with Crippen LogP contribution >= 0.6 is 0 Å². The van der Waals surface area contributed by atoms with E-state index in [-0.39, 0.29) is 0 Å². The van der Waals surface area contributed by atoms with Crippen LogP contribution in [0.2, 0.25) is 0 Å². The van der Waals surface area contributed by atoms with Gasteiger partial charge in [-0.05, 0) is 48.9 Å². The summed E-state index contributed by atoms with van der Waals surface area (Å²) in [7, 11) is 0. The van der Waals surface area contributed by atoms with Gasteiger partial charge in [0, 0.05) is 41.6 Å². The molecule has 0 N–H and O–H groups in total. The van der Waals surface area contributed by atoms with Crippen molar-refractivity contribution in [1.29, 1.82) is 0 Å². The standard InChI is InChI=1S/C22H17N5/c1-16-6-7-19(14-23-16)17-8-11-26-21(15-24-22(26)13-17)18-4-2-5-20(12-18)27-10-3-9-25-27/h2-15H,1H3. The number of hydrogen-bond acceptors (Lipinski definition) is 3. The molecule has 0 saturated heterocycles. The Kier molecular flexibility index (Phi) is 3.57. The van der Waals surface area contributed by atoms with Crippen molar-refractivity contribution in [2.24, 2.45) is 0 Å². The number of nitrogens with zero attached hydrogens (tertiary/aromatic N) is 5. The predicted octanol–water partition coefficient (Wildman–Crippen LogP) is 4.56. The van der Waals surface area contributed by atoms with Crippen molar-refractivity contribution >= 4 is 5.65 Å². The van der Waals surface area contributed by atoms with E-state index in [1.54, 1.807) is 6.20 Å². The number of aryl methyl sites for hydroxylation is 1. The van der Waals surface area contributed by atoms with Gasteiger partial charge in [0.25, 0.3) is 0 Å². The highest BCUT2D eigenvalue weighted by atomic mass is 15.3. The summed E-state index contributed by atoms with van der Waals surface area (Å²) in [6, 6.07) is 18.5. The molecule has 0 fully saturated rings. The molecular formula is C22H17N5. The molecule has 0 spiro atoms. The summed E-state index contributed by atoms with van der Waals surface area (Å²) in [5.74, 6) is 0. The summed E-state index contributed by atoms with van der Waals surface area (Å²) in [5.41, 5.74) is 7.29. The minimum Gasteiger partial charge on any atom is -0.300 e. The van der Waals surface area contributed by atoms with E-state index in [1.165, 1.54) is 0 Å². The van der Waals surface area contributed by atoms with Gasteiger partial charge in [-0.1, -0.05) is 18.2 Å². The van der Waals surface area contributed by atoms with Crippen molar-refractivity contribution in [3.8, 4) is 28.1 Å². The first-order valence-electron chi connectivity index (χ1n) is 8.78. The lowest BCUT2D eigenvalue weighted by molar-refractivity contribution is 0.881. The molecule has 4 heterocycles. The van der Waals surface area contributed by atoms with Gasteiger partial charge in [-0.25, -0.2) is 9.67 Å². The molecule has 4 aromatic heterocycles. The molecule has 5 nitrogen and oxygen atoms in total. The molecule has 0 aliphatic rings. The molecule has 5 heteroatoms. The zero-order chi connectivity index (χ0) is 18.2. The van der Waals surface area contributed by atoms with E-state index in [9.17, 15) is 0 Å². The molecule has 0 amide bonds. The second-order valence-corrected chi connectivity index (χ2v) is 6.48. The maximum atomic E-state index is 4.61. The van der Waals surface area contributed by atoms with Crippen molar-refractivity contribution in [2.45, 2.75) is 6.92 Å². The van der Waals surface area contributed by atoms with Crippen molar-refractivity contribution in [3.05, 3.63) is 91.3 Å². The molecule has 0 atom stereocenters. The van der Waals surface area contributed by atoms with E-state index >= 15 is 0 Å². The monoisotopic (exact) mass is 351 g/mol. The fourth-order valence-electron chi connectivity index (χ4n) is 3.24. The molecule has 0 aliphatic heterocycles. The van der Waals surface area contributed by atoms with Crippen LogP contribution in [0.25, 0.3) is 33.7 Å². The fourth-order valence-corrected chi connectivity index (χ4v) is 3.24. The quantitative estimate of drug-likeness (QED) is 0.479. The van der Waals surface area contributed by atoms with Gasteiger partial charge >= 0.3 is 0 Å². The Morgan fingerprint density at radius 2 is 1.74 bits per heavy atom. The Morgan fingerprint density at radius 3 is 2.56 bits per heavy atom. The maximum Gasteiger partial charge on any atom is 0.137 e. The highest BCUT2D eigenvalue weighted by Crippen LogP contribution is 2.26. The lowest BCUT2D eigenvalue weighted by atomic mass is 10.1. The van der Waals surface area contributed by atoms with E-state index in [2.05, 4.69) is 56.0 Å². The van der Waals surface area contributed by atoms with Crippen LogP contribution in [0.15, 0.2) is 85.6 Å². The molecule has 0 radical (unpaired) electrons. The lowest BCUT2D eigenvalue weighted by Crippen LogP contribution is -1.95. The van der Waals surface area contributed by atoms with Crippen molar-refractivity contribution in [2.75, 3.05) is 0 Å². The Bertz CT molecular complexity index is 1220. The highest BCUT2D eigenvalue weighted by Gasteiger charge is 2.09. The molecule has 0 unspecified atom stereocenters. The molecule has 1 aromatic carbocycles. The summed E-state index contributed by atoms with van der Waals surface area (Å²) in [4.78, 5) is 9.00. The maximum absolute atomic E-state index is 4.61. The largest absolute Gasteiger partial charge is 0.300 e. The number of hydrogen-bond donors (Lipinski definition) is 0. The summed E-state index contributed by atoms with van der Waals surface area (Å²) >= 11 is 0. The van der Waals surface area contributed by atoms with Crippen LogP contribution in [0.5, 0.6) is 0 Å². The second kappa shape index (κ2) is 6.21. The summed E-state index contributed by atoms with van der Waals surface area (Å²) in [6.07, 6.45) is 9.60. The molecule has 0 saturated carbocycles. The normalized spacial score (nSPS) is 11.1. The first kappa shape index (κ1) is 15.5. The van der Waals surface area contributed by atoms with E-state index in [0.717, 1.165) is 39.4 Å². The Labute approximate surface area is 156 Å². The molecule has 5 aromatic rings. The first-order valence-corrected chi connectivity index (χ1v) is 8.78. The van der Waals surface area contributed by atoms with Crippen molar-refractivity contribution in [3.63, 3.8) is 0 Å². The van der Waals surface area contributed by atoms with E-state index in [0.29, 0.717) is 0 Å². The summed E-state index contributed by atoms with van der Waals surface area (Å²) in [6.45, 7) is 1.99. The zero-order valence-corrected chi connectivity index (χ0v) is 14.8. The number of benzene rings is 1. The second-order valence-electron chi connectivity index (χ2n) is 6.48. The van der Waals surface area contributed by atoms with Gasteiger partial charge in [-0.2, -0.15) is 5.10 Å². The minimum atomic E-state index is 0.910. The van der Waals surface area contributed by atoms with Gasteiger partial charge in [-0.15, -0.1) is 0 Å².